The average Bonchev–Trinajstić information content (AvgIpc) is 2.60. The first-order valence-corrected chi connectivity index (χ1v) is 7.91. The number of rotatable bonds is 4. The smallest absolute Gasteiger partial charge is 0.0446 e. The largest absolute Gasteiger partial charge is 0.317 e. The van der Waals surface area contributed by atoms with E-state index in [-0.39, 0.29) is 0 Å². The lowest BCUT2D eigenvalue weighted by Crippen LogP contribution is -2.14. The first-order valence-electron chi connectivity index (χ1n) is 6.38. The van der Waals surface area contributed by atoms with E-state index in [0.717, 1.165) is 16.7 Å². The second-order valence-electron chi connectivity index (χ2n) is 4.65. The summed E-state index contributed by atoms with van der Waals surface area (Å²) in [5.41, 5.74) is 1.27. The Labute approximate surface area is 113 Å². The zero-order chi connectivity index (χ0) is 11.9. The van der Waals surface area contributed by atoms with Crippen molar-refractivity contribution < 1.29 is 0 Å². The van der Waals surface area contributed by atoms with Gasteiger partial charge < -0.3 is 5.32 Å². The van der Waals surface area contributed by atoms with E-state index in [2.05, 4.69) is 17.4 Å². The maximum absolute atomic E-state index is 6.15. The third-order valence-corrected chi connectivity index (χ3v) is 4.86. The Morgan fingerprint density at radius 1 is 1.24 bits per heavy atom. The second-order valence-corrected chi connectivity index (χ2v) is 6.09. The van der Waals surface area contributed by atoms with Crippen molar-refractivity contribution in [1.29, 1.82) is 0 Å². The van der Waals surface area contributed by atoms with E-state index in [4.69, 9.17) is 11.6 Å². The predicted molar refractivity (Wildman–Crippen MR) is 77.8 cm³/mol. The minimum atomic E-state index is 0.887. The van der Waals surface area contributed by atoms with Gasteiger partial charge in [0, 0.05) is 10.8 Å². The molecule has 0 bridgehead atoms. The van der Waals surface area contributed by atoms with Crippen LogP contribution in [0.2, 0.25) is 5.02 Å². The SMILES string of the molecule is Clc1ccccc1CSCC1CCCNCC1. The van der Waals surface area contributed by atoms with E-state index in [1.54, 1.807) is 0 Å². The van der Waals surface area contributed by atoms with Gasteiger partial charge in [-0.05, 0) is 55.7 Å². The van der Waals surface area contributed by atoms with Gasteiger partial charge in [0.05, 0.1) is 0 Å². The summed E-state index contributed by atoms with van der Waals surface area (Å²) in [6, 6.07) is 8.17. The Morgan fingerprint density at radius 3 is 3.00 bits per heavy atom. The Morgan fingerprint density at radius 2 is 2.12 bits per heavy atom. The molecule has 1 aromatic carbocycles. The van der Waals surface area contributed by atoms with Crippen LogP contribution in [0.1, 0.15) is 24.8 Å². The lowest BCUT2D eigenvalue weighted by Gasteiger charge is -2.13. The molecule has 1 aromatic rings. The number of hydrogen-bond donors (Lipinski definition) is 1. The molecule has 1 N–H and O–H groups in total. The van der Waals surface area contributed by atoms with Crippen LogP contribution < -0.4 is 5.32 Å². The van der Waals surface area contributed by atoms with Crippen molar-refractivity contribution in [3.8, 4) is 0 Å². The maximum atomic E-state index is 6.15. The average molecular weight is 270 g/mol. The zero-order valence-corrected chi connectivity index (χ0v) is 11.7. The van der Waals surface area contributed by atoms with Crippen molar-refractivity contribution in [2.24, 2.45) is 5.92 Å². The van der Waals surface area contributed by atoms with Crippen molar-refractivity contribution >= 4 is 23.4 Å². The van der Waals surface area contributed by atoms with Crippen molar-refractivity contribution in [3.05, 3.63) is 34.9 Å². The Bertz CT molecular complexity index is 335. The Hall–Kier alpha value is -0.180. The van der Waals surface area contributed by atoms with Gasteiger partial charge in [-0.1, -0.05) is 29.8 Å². The van der Waals surface area contributed by atoms with Crippen molar-refractivity contribution in [2.75, 3.05) is 18.8 Å². The molecule has 1 saturated heterocycles. The molecule has 17 heavy (non-hydrogen) atoms. The van der Waals surface area contributed by atoms with Crippen LogP contribution in [0.3, 0.4) is 0 Å². The minimum absolute atomic E-state index is 0.887. The van der Waals surface area contributed by atoms with E-state index in [0.29, 0.717) is 0 Å². The monoisotopic (exact) mass is 269 g/mol. The van der Waals surface area contributed by atoms with Crippen LogP contribution in [-0.2, 0) is 5.75 Å². The van der Waals surface area contributed by atoms with Crippen molar-refractivity contribution in [2.45, 2.75) is 25.0 Å². The molecule has 0 radical (unpaired) electrons. The lowest BCUT2D eigenvalue weighted by atomic mass is 10.0. The van der Waals surface area contributed by atoms with E-state index >= 15 is 0 Å². The lowest BCUT2D eigenvalue weighted by molar-refractivity contribution is 0.528. The molecule has 2 rings (SSSR count). The molecular weight excluding hydrogens is 250 g/mol. The number of halogens is 1. The van der Waals surface area contributed by atoms with E-state index in [1.807, 2.05) is 23.9 Å². The molecule has 1 unspecified atom stereocenters. The summed E-state index contributed by atoms with van der Waals surface area (Å²) in [6.07, 6.45) is 4.04. The first kappa shape index (κ1) is 13.3. The summed E-state index contributed by atoms with van der Waals surface area (Å²) >= 11 is 8.17. The molecule has 94 valence electrons. The van der Waals surface area contributed by atoms with Crippen LogP contribution >= 0.6 is 23.4 Å². The van der Waals surface area contributed by atoms with Crippen LogP contribution in [0.4, 0.5) is 0 Å². The third kappa shape index (κ3) is 4.53. The van der Waals surface area contributed by atoms with Crippen LogP contribution in [-0.4, -0.2) is 18.8 Å². The van der Waals surface area contributed by atoms with Crippen LogP contribution in [0.5, 0.6) is 0 Å². The second kappa shape index (κ2) is 7.30. The molecule has 0 saturated carbocycles. The zero-order valence-electron chi connectivity index (χ0n) is 10.1. The van der Waals surface area contributed by atoms with E-state index in [1.165, 1.54) is 43.7 Å². The molecule has 1 atom stereocenters. The highest BCUT2D eigenvalue weighted by Crippen LogP contribution is 2.25. The normalized spacial score (nSPS) is 21.1. The summed E-state index contributed by atoms with van der Waals surface area (Å²) in [5.74, 6) is 3.20. The predicted octanol–water partition coefficient (Wildman–Crippen LogP) is 3.96. The fourth-order valence-electron chi connectivity index (χ4n) is 2.21. The third-order valence-electron chi connectivity index (χ3n) is 3.26. The number of thioether (sulfide) groups is 1. The van der Waals surface area contributed by atoms with Gasteiger partial charge in [-0.25, -0.2) is 0 Å². The quantitative estimate of drug-likeness (QED) is 0.888. The van der Waals surface area contributed by atoms with Gasteiger partial charge in [-0.15, -0.1) is 0 Å². The fraction of sp³-hybridized carbons (Fsp3) is 0.571. The molecular formula is C14H20ClNS. The summed E-state index contributed by atoms with van der Waals surface area (Å²) in [6.45, 7) is 2.39. The molecule has 0 aromatic heterocycles. The standard InChI is InChI=1S/C14H20ClNS/c15-14-6-2-1-5-13(14)11-17-10-12-4-3-8-16-9-7-12/h1-2,5-6,12,16H,3-4,7-11H2. The molecule has 1 aliphatic heterocycles. The number of hydrogen-bond acceptors (Lipinski definition) is 2. The van der Waals surface area contributed by atoms with Gasteiger partial charge in [0.1, 0.15) is 0 Å². The van der Waals surface area contributed by atoms with Gasteiger partial charge in [0.15, 0.2) is 0 Å². The number of nitrogens with one attached hydrogen (secondary N) is 1. The molecule has 1 nitrogen and oxygen atoms in total. The van der Waals surface area contributed by atoms with Crippen molar-refractivity contribution in [1.82, 2.24) is 5.32 Å². The van der Waals surface area contributed by atoms with E-state index < -0.39 is 0 Å². The molecule has 1 aliphatic rings. The molecule has 0 aliphatic carbocycles. The van der Waals surface area contributed by atoms with Crippen LogP contribution in [0, 0.1) is 5.92 Å². The van der Waals surface area contributed by atoms with E-state index in [9.17, 15) is 0 Å². The Kier molecular flexibility index (Phi) is 5.69. The van der Waals surface area contributed by atoms with Gasteiger partial charge in [0.25, 0.3) is 0 Å². The highest BCUT2D eigenvalue weighted by molar-refractivity contribution is 7.98. The van der Waals surface area contributed by atoms with Crippen molar-refractivity contribution in [3.63, 3.8) is 0 Å². The van der Waals surface area contributed by atoms with Crippen LogP contribution in [0.25, 0.3) is 0 Å². The summed E-state index contributed by atoms with van der Waals surface area (Å²) < 4.78 is 0. The molecule has 1 heterocycles. The highest BCUT2D eigenvalue weighted by Gasteiger charge is 2.11. The topological polar surface area (TPSA) is 12.0 Å². The molecule has 0 amide bonds. The first-order chi connectivity index (χ1) is 8.36. The Balaban J connectivity index is 1.73. The fourth-order valence-corrected chi connectivity index (χ4v) is 3.75. The van der Waals surface area contributed by atoms with Gasteiger partial charge in [-0.2, -0.15) is 11.8 Å². The van der Waals surface area contributed by atoms with Gasteiger partial charge >= 0.3 is 0 Å². The maximum Gasteiger partial charge on any atom is 0.0446 e. The molecule has 1 fully saturated rings. The number of benzene rings is 1. The molecule has 0 spiro atoms. The highest BCUT2D eigenvalue weighted by atomic mass is 35.5. The summed E-state index contributed by atoms with van der Waals surface area (Å²) in [7, 11) is 0. The summed E-state index contributed by atoms with van der Waals surface area (Å²) in [5, 5.41) is 4.37. The minimum Gasteiger partial charge on any atom is -0.317 e. The van der Waals surface area contributed by atoms with Gasteiger partial charge in [-0.3, -0.25) is 0 Å². The summed E-state index contributed by atoms with van der Waals surface area (Å²) in [4.78, 5) is 0. The molecule has 3 heteroatoms. The van der Waals surface area contributed by atoms with Crippen LogP contribution in [0.15, 0.2) is 24.3 Å². The van der Waals surface area contributed by atoms with Gasteiger partial charge in [0.2, 0.25) is 0 Å².